The number of fused-ring (bicyclic) bond motifs is 1. The van der Waals surface area contributed by atoms with Crippen molar-refractivity contribution >= 4 is 5.97 Å². The third-order valence-electron chi connectivity index (χ3n) is 2.58. The van der Waals surface area contributed by atoms with Crippen LogP contribution >= 0.6 is 0 Å². The SMILES string of the molecule is O=C(O)C1CCCc2[nH]c(C(F)F)nc21. The molecule has 1 unspecified atom stereocenters. The molecule has 0 aromatic carbocycles. The molecular formula is C9H10F2N2O2. The van der Waals surface area contributed by atoms with Gasteiger partial charge in [0.2, 0.25) is 0 Å². The van der Waals surface area contributed by atoms with Crippen LogP contribution in [0.1, 0.15) is 42.4 Å². The maximum atomic E-state index is 12.3. The van der Waals surface area contributed by atoms with Gasteiger partial charge in [-0.1, -0.05) is 0 Å². The lowest BCUT2D eigenvalue weighted by Gasteiger charge is -2.16. The molecule has 0 radical (unpaired) electrons. The summed E-state index contributed by atoms with van der Waals surface area (Å²) >= 11 is 0. The fourth-order valence-electron chi connectivity index (χ4n) is 1.89. The molecule has 15 heavy (non-hydrogen) atoms. The number of carboxylic acids is 1. The molecule has 1 heterocycles. The average molecular weight is 216 g/mol. The second-order valence-corrected chi connectivity index (χ2v) is 3.57. The van der Waals surface area contributed by atoms with E-state index in [0.29, 0.717) is 25.0 Å². The molecule has 0 bridgehead atoms. The Morgan fingerprint density at radius 3 is 2.93 bits per heavy atom. The zero-order valence-electron chi connectivity index (χ0n) is 7.83. The molecule has 0 aliphatic heterocycles. The summed E-state index contributed by atoms with van der Waals surface area (Å²) in [4.78, 5) is 17.0. The second-order valence-electron chi connectivity index (χ2n) is 3.57. The number of aryl methyl sites for hydroxylation is 1. The van der Waals surface area contributed by atoms with Gasteiger partial charge in [-0.15, -0.1) is 0 Å². The number of nitrogens with zero attached hydrogens (tertiary/aromatic N) is 1. The zero-order chi connectivity index (χ0) is 11.0. The van der Waals surface area contributed by atoms with Crippen LogP contribution in [-0.4, -0.2) is 21.0 Å². The van der Waals surface area contributed by atoms with Crippen LogP contribution in [0.2, 0.25) is 0 Å². The topological polar surface area (TPSA) is 66.0 Å². The van der Waals surface area contributed by atoms with Crippen molar-refractivity contribution < 1.29 is 18.7 Å². The van der Waals surface area contributed by atoms with Gasteiger partial charge in [-0.3, -0.25) is 4.79 Å². The molecule has 1 atom stereocenters. The molecular weight excluding hydrogens is 206 g/mol. The van der Waals surface area contributed by atoms with Gasteiger partial charge in [-0.25, -0.2) is 13.8 Å². The van der Waals surface area contributed by atoms with E-state index in [-0.39, 0.29) is 5.69 Å². The van der Waals surface area contributed by atoms with E-state index in [2.05, 4.69) is 9.97 Å². The van der Waals surface area contributed by atoms with Crippen molar-refractivity contribution in [1.29, 1.82) is 0 Å². The molecule has 0 fully saturated rings. The van der Waals surface area contributed by atoms with Crippen LogP contribution < -0.4 is 0 Å². The molecule has 1 aliphatic rings. The Bertz CT molecular complexity index is 389. The summed E-state index contributed by atoms with van der Waals surface area (Å²) in [6.07, 6.45) is -0.922. The van der Waals surface area contributed by atoms with E-state index in [9.17, 15) is 13.6 Å². The number of imidazole rings is 1. The normalized spacial score (nSPS) is 20.3. The zero-order valence-corrected chi connectivity index (χ0v) is 7.83. The Morgan fingerprint density at radius 2 is 2.33 bits per heavy atom. The first-order valence-electron chi connectivity index (χ1n) is 4.69. The first-order chi connectivity index (χ1) is 7.09. The molecule has 2 N–H and O–H groups in total. The Kier molecular flexibility index (Phi) is 2.42. The van der Waals surface area contributed by atoms with Gasteiger partial charge in [0.15, 0.2) is 5.82 Å². The van der Waals surface area contributed by atoms with E-state index < -0.39 is 24.1 Å². The molecule has 2 rings (SSSR count). The fraction of sp³-hybridized carbons (Fsp3) is 0.556. The monoisotopic (exact) mass is 216 g/mol. The fourth-order valence-corrected chi connectivity index (χ4v) is 1.89. The van der Waals surface area contributed by atoms with Gasteiger partial charge in [0, 0.05) is 5.69 Å². The smallest absolute Gasteiger partial charge is 0.312 e. The number of hydrogen-bond acceptors (Lipinski definition) is 2. The summed E-state index contributed by atoms with van der Waals surface area (Å²) in [5.41, 5.74) is 0.827. The van der Waals surface area contributed by atoms with E-state index >= 15 is 0 Å². The number of hydrogen-bond donors (Lipinski definition) is 2. The van der Waals surface area contributed by atoms with Crippen LogP contribution in [0, 0.1) is 0 Å². The Labute approximate surface area is 84.3 Å². The van der Waals surface area contributed by atoms with Crippen LogP contribution in [0.25, 0.3) is 0 Å². The summed E-state index contributed by atoms with van der Waals surface area (Å²) < 4.78 is 24.7. The van der Waals surface area contributed by atoms with Crippen LogP contribution in [0.15, 0.2) is 0 Å². The number of aliphatic carboxylic acids is 1. The predicted molar refractivity (Wildman–Crippen MR) is 46.9 cm³/mol. The van der Waals surface area contributed by atoms with Crippen LogP contribution in [0.5, 0.6) is 0 Å². The summed E-state index contributed by atoms with van der Waals surface area (Å²) in [5.74, 6) is -2.16. The molecule has 0 spiro atoms. The highest BCUT2D eigenvalue weighted by atomic mass is 19.3. The molecule has 1 aromatic rings. The van der Waals surface area contributed by atoms with Gasteiger partial charge in [-0.2, -0.15) is 0 Å². The van der Waals surface area contributed by atoms with Gasteiger partial charge < -0.3 is 10.1 Å². The molecule has 6 heteroatoms. The number of nitrogens with one attached hydrogen (secondary N) is 1. The Balaban J connectivity index is 2.38. The number of aromatic amines is 1. The van der Waals surface area contributed by atoms with E-state index in [1.165, 1.54) is 0 Å². The number of carboxylic acid groups (broad SMARTS) is 1. The van der Waals surface area contributed by atoms with Crippen molar-refractivity contribution in [3.8, 4) is 0 Å². The first-order valence-corrected chi connectivity index (χ1v) is 4.69. The molecule has 0 amide bonds. The van der Waals surface area contributed by atoms with E-state index in [1.807, 2.05) is 0 Å². The molecule has 0 saturated carbocycles. The first kappa shape index (κ1) is 10.1. The largest absolute Gasteiger partial charge is 0.481 e. The maximum absolute atomic E-state index is 12.3. The number of alkyl halides is 2. The summed E-state index contributed by atoms with van der Waals surface area (Å²) in [7, 11) is 0. The number of carbonyl (C=O) groups is 1. The third kappa shape index (κ3) is 1.71. The van der Waals surface area contributed by atoms with Gasteiger partial charge in [0.25, 0.3) is 6.43 Å². The predicted octanol–water partition coefficient (Wildman–Crippen LogP) is 1.85. The summed E-state index contributed by atoms with van der Waals surface area (Å²) in [5, 5.41) is 8.89. The average Bonchev–Trinajstić information content (AvgIpc) is 2.60. The standard InChI is InChI=1S/C9H10F2N2O2/c10-7(11)8-12-5-3-1-2-4(9(14)15)6(5)13-8/h4,7H,1-3H2,(H,12,13)(H,14,15). The molecule has 4 nitrogen and oxygen atoms in total. The molecule has 1 aromatic heterocycles. The Hall–Kier alpha value is -1.46. The van der Waals surface area contributed by atoms with E-state index in [4.69, 9.17) is 5.11 Å². The van der Waals surface area contributed by atoms with Gasteiger partial charge in [0.05, 0.1) is 5.69 Å². The minimum absolute atomic E-state index is 0.282. The van der Waals surface area contributed by atoms with Crippen molar-refractivity contribution in [1.82, 2.24) is 9.97 Å². The van der Waals surface area contributed by atoms with Gasteiger partial charge in [-0.05, 0) is 19.3 Å². The second kappa shape index (κ2) is 3.60. The summed E-state index contributed by atoms with van der Waals surface area (Å²) in [6, 6.07) is 0. The quantitative estimate of drug-likeness (QED) is 0.792. The van der Waals surface area contributed by atoms with Crippen LogP contribution in [0.3, 0.4) is 0 Å². The van der Waals surface area contributed by atoms with Crippen molar-refractivity contribution in [2.75, 3.05) is 0 Å². The van der Waals surface area contributed by atoms with Crippen molar-refractivity contribution in [2.24, 2.45) is 0 Å². The lowest BCUT2D eigenvalue weighted by Crippen LogP contribution is -2.17. The lowest BCUT2D eigenvalue weighted by molar-refractivity contribution is -0.139. The van der Waals surface area contributed by atoms with Crippen molar-refractivity contribution in [2.45, 2.75) is 31.6 Å². The molecule has 82 valence electrons. The highest BCUT2D eigenvalue weighted by molar-refractivity contribution is 5.76. The number of H-pyrrole nitrogens is 1. The molecule has 0 saturated heterocycles. The highest BCUT2D eigenvalue weighted by Crippen LogP contribution is 2.31. The Morgan fingerprint density at radius 1 is 1.60 bits per heavy atom. The van der Waals surface area contributed by atoms with Gasteiger partial charge >= 0.3 is 5.97 Å². The van der Waals surface area contributed by atoms with Crippen molar-refractivity contribution in [3.63, 3.8) is 0 Å². The number of aromatic nitrogens is 2. The number of rotatable bonds is 2. The van der Waals surface area contributed by atoms with Crippen molar-refractivity contribution in [3.05, 3.63) is 17.2 Å². The van der Waals surface area contributed by atoms with E-state index in [1.54, 1.807) is 0 Å². The van der Waals surface area contributed by atoms with E-state index in [0.717, 1.165) is 0 Å². The van der Waals surface area contributed by atoms with Crippen LogP contribution in [-0.2, 0) is 11.2 Å². The summed E-state index contributed by atoms with van der Waals surface area (Å²) in [6.45, 7) is 0. The number of halogens is 2. The maximum Gasteiger partial charge on any atom is 0.312 e. The van der Waals surface area contributed by atoms with Crippen LogP contribution in [0.4, 0.5) is 8.78 Å². The lowest BCUT2D eigenvalue weighted by atomic mass is 9.90. The highest BCUT2D eigenvalue weighted by Gasteiger charge is 2.30. The molecule has 1 aliphatic carbocycles. The van der Waals surface area contributed by atoms with Gasteiger partial charge in [0.1, 0.15) is 5.92 Å². The minimum Gasteiger partial charge on any atom is -0.481 e. The third-order valence-corrected chi connectivity index (χ3v) is 2.58. The minimum atomic E-state index is -2.68.